The summed E-state index contributed by atoms with van der Waals surface area (Å²) in [6.45, 7) is 3.55. The third kappa shape index (κ3) is 11.3. The molecule has 0 N–H and O–H groups in total. The molecule has 0 aliphatic carbocycles. The molecular weight excluding hydrogens is 981 g/mol. The van der Waals surface area contributed by atoms with E-state index in [9.17, 15) is 52.7 Å². The van der Waals surface area contributed by atoms with Gasteiger partial charge in [-0.05, 0) is 25.0 Å². The maximum absolute atomic E-state index is 15.4. The lowest BCUT2D eigenvalue weighted by Gasteiger charge is -2.44. The number of hydrogen-bond acceptors (Lipinski definition) is 0. The van der Waals surface area contributed by atoms with Crippen molar-refractivity contribution < 1.29 is 87.8 Å². The molecule has 0 fully saturated rings. The average molecular weight is 1030 g/mol. The highest BCUT2D eigenvalue weighted by atomic mass is 19.2. The summed E-state index contributed by atoms with van der Waals surface area (Å²) in [7, 11) is 4.66. The molecule has 0 spiro atoms. The Labute approximate surface area is 389 Å². The van der Waals surface area contributed by atoms with Crippen LogP contribution in [0.15, 0.2) is 30.3 Å². The van der Waals surface area contributed by atoms with E-state index < -0.39 is 144 Å². The molecule has 0 radical (unpaired) electrons. The second kappa shape index (κ2) is 24.2. The van der Waals surface area contributed by atoms with E-state index in [0.29, 0.717) is 0 Å². The van der Waals surface area contributed by atoms with Gasteiger partial charge in [-0.15, -0.1) is 21.9 Å². The Kier molecular flexibility index (Phi) is 19.8. The number of quaternary nitrogens is 1. The summed E-state index contributed by atoms with van der Waals surface area (Å²) in [6, 6.07) is 10.9. The van der Waals surface area contributed by atoms with Gasteiger partial charge < -0.3 is 0 Å². The first-order valence-electron chi connectivity index (χ1n) is 22.0. The van der Waals surface area contributed by atoms with E-state index in [1.54, 1.807) is 0 Å². The highest BCUT2D eigenvalue weighted by molar-refractivity contribution is 7.20. The van der Waals surface area contributed by atoms with Crippen LogP contribution in [-0.2, 0) is 0 Å². The lowest BCUT2D eigenvalue weighted by Crippen LogP contribution is -2.81. The van der Waals surface area contributed by atoms with Crippen LogP contribution in [0.3, 0.4) is 0 Å². The Bertz CT molecular complexity index is 2260. The van der Waals surface area contributed by atoms with E-state index in [1.165, 1.54) is 102 Å². The van der Waals surface area contributed by atoms with Crippen molar-refractivity contribution in [3.63, 3.8) is 0 Å². The fourth-order valence-corrected chi connectivity index (χ4v) is 8.54. The first-order valence-corrected chi connectivity index (χ1v) is 22.0. The Morgan fingerprint density at radius 1 is 0.286 bits per heavy atom. The zero-order chi connectivity index (χ0) is 52.6. The molecule has 0 aromatic heterocycles. The molecular formula is C48H44BF20N. The average Bonchev–Trinajstić information content (AvgIpc) is 3.34. The van der Waals surface area contributed by atoms with Crippen LogP contribution >= 0.6 is 0 Å². The minimum Gasteiger partial charge on any atom is -0.296 e. The van der Waals surface area contributed by atoms with E-state index in [2.05, 4.69) is 51.4 Å². The summed E-state index contributed by atoms with van der Waals surface area (Å²) in [5.74, 6) is -71.4. The van der Waals surface area contributed by atoms with Crippen molar-refractivity contribution in [3.8, 4) is 0 Å². The van der Waals surface area contributed by atoms with Crippen LogP contribution in [0.1, 0.15) is 96.8 Å². The largest absolute Gasteiger partial charge is 0.296 e. The van der Waals surface area contributed by atoms with Gasteiger partial charge in [0.2, 0.25) is 0 Å². The number of benzene rings is 5. The number of rotatable bonds is 20. The van der Waals surface area contributed by atoms with Gasteiger partial charge in [-0.25, -0.2) is 87.8 Å². The Balaban J connectivity index is 0.000000361. The second-order valence-corrected chi connectivity index (χ2v) is 17.1. The van der Waals surface area contributed by atoms with Crippen molar-refractivity contribution in [1.82, 2.24) is 4.48 Å². The minimum atomic E-state index is -7.22. The van der Waals surface area contributed by atoms with Crippen molar-refractivity contribution in [2.45, 2.75) is 96.8 Å². The van der Waals surface area contributed by atoms with Crippen LogP contribution in [0.4, 0.5) is 93.5 Å². The SMILES string of the molecule is CCCCCCCCCCCCCCCC[N+](C)(C)c1ccccc1.Fc1c(F)c(F)c([B-](c2c(F)c(F)c(F)c(F)c2F)(c2c(F)c(F)c(F)c(F)c2F)c2c(F)c(F)c(F)c(F)c2F)c(F)c1F. The number of nitrogens with zero attached hydrogens (tertiary/aromatic N) is 1. The van der Waals surface area contributed by atoms with Crippen LogP contribution in [-0.4, -0.2) is 26.8 Å². The molecule has 384 valence electrons. The molecule has 0 unspecified atom stereocenters. The molecule has 22 heteroatoms. The highest BCUT2D eigenvalue weighted by Gasteiger charge is 2.52. The third-order valence-corrected chi connectivity index (χ3v) is 12.2. The zero-order valence-corrected chi connectivity index (χ0v) is 37.6. The molecule has 0 aliphatic heterocycles. The van der Waals surface area contributed by atoms with E-state index in [0.717, 1.165) is 4.48 Å². The molecule has 0 heterocycles. The Hall–Kier alpha value is -5.28. The first-order chi connectivity index (χ1) is 32.9. The third-order valence-electron chi connectivity index (χ3n) is 12.2. The van der Waals surface area contributed by atoms with E-state index in [-0.39, 0.29) is 0 Å². The molecule has 1 nitrogen and oxygen atoms in total. The molecule has 0 amide bonds. The van der Waals surface area contributed by atoms with Gasteiger partial charge in [-0.2, -0.15) is 0 Å². The quantitative estimate of drug-likeness (QED) is 0.0182. The fourth-order valence-electron chi connectivity index (χ4n) is 8.54. The van der Waals surface area contributed by atoms with Crippen LogP contribution in [0.5, 0.6) is 0 Å². The van der Waals surface area contributed by atoms with Crippen molar-refractivity contribution in [2.75, 3.05) is 20.6 Å². The molecule has 0 bridgehead atoms. The predicted molar refractivity (Wildman–Crippen MR) is 224 cm³/mol. The maximum Gasteiger partial charge on any atom is 0.200 e. The minimum absolute atomic E-state index is 1.01. The zero-order valence-electron chi connectivity index (χ0n) is 37.6. The standard InChI is InChI=1S/C24BF20.C24H44N/c26-5-1(6(27)14(35)21(42)13(5)34)25(2-7(28)15(36)22(43)16(37)8(2)29,3-9(30)17(38)23(44)18(39)10(3)31)4-11(32)19(40)24(45)20(41)12(4)33;1-4-5-6-7-8-9-10-11-12-13-14-15-16-20-23-25(2,3)24-21-18-17-19-22-24/h;17-19,21-22H,4-16,20,23H2,1-3H3/q-1;+1. The Morgan fingerprint density at radius 3 is 0.714 bits per heavy atom. The van der Waals surface area contributed by atoms with Crippen molar-refractivity contribution in [2.24, 2.45) is 0 Å². The molecule has 5 aromatic rings. The number of hydrogen-bond donors (Lipinski definition) is 0. The molecule has 5 rings (SSSR count). The summed E-state index contributed by atoms with van der Waals surface area (Å²) >= 11 is 0. The summed E-state index contributed by atoms with van der Waals surface area (Å²) < 4.78 is 295. The highest BCUT2D eigenvalue weighted by Crippen LogP contribution is 2.31. The normalized spacial score (nSPS) is 11.9. The fraction of sp³-hybridized carbons (Fsp3) is 0.375. The van der Waals surface area contributed by atoms with Gasteiger partial charge in [0.25, 0.3) is 0 Å². The van der Waals surface area contributed by atoms with Crippen LogP contribution in [0, 0.1) is 116 Å². The number of para-hydroxylation sites is 1. The van der Waals surface area contributed by atoms with Crippen molar-refractivity contribution in [1.29, 1.82) is 0 Å². The maximum atomic E-state index is 15.4. The summed E-state index contributed by atoms with van der Waals surface area (Å²) in [6.07, 6.45) is 12.9. The van der Waals surface area contributed by atoms with Gasteiger partial charge in [0.1, 0.15) is 58.4 Å². The van der Waals surface area contributed by atoms with Gasteiger partial charge in [0.15, 0.2) is 69.8 Å². The molecule has 5 aromatic carbocycles. The van der Waals surface area contributed by atoms with Gasteiger partial charge in [0.05, 0.1) is 20.6 Å². The summed E-state index contributed by atoms with van der Waals surface area (Å²) in [5.41, 5.74) is -12.9. The topological polar surface area (TPSA) is 0 Å². The van der Waals surface area contributed by atoms with Gasteiger partial charge >= 0.3 is 0 Å². The summed E-state index contributed by atoms with van der Waals surface area (Å²) in [4.78, 5) is 0. The van der Waals surface area contributed by atoms with Crippen molar-refractivity contribution in [3.05, 3.63) is 147 Å². The van der Waals surface area contributed by atoms with Crippen LogP contribution < -0.4 is 26.3 Å². The molecule has 0 aliphatic rings. The number of halogens is 20. The first kappa shape index (κ1) is 57.3. The van der Waals surface area contributed by atoms with Gasteiger partial charge in [-0.3, -0.25) is 4.48 Å². The van der Waals surface area contributed by atoms with E-state index in [4.69, 9.17) is 0 Å². The molecule has 0 saturated heterocycles. The number of unbranched alkanes of at least 4 members (excludes halogenated alkanes) is 13. The van der Waals surface area contributed by atoms with Gasteiger partial charge in [0, 0.05) is 0 Å². The second-order valence-electron chi connectivity index (χ2n) is 17.1. The summed E-state index contributed by atoms with van der Waals surface area (Å²) in [5, 5.41) is 0. The van der Waals surface area contributed by atoms with E-state index >= 15 is 35.1 Å². The lowest BCUT2D eigenvalue weighted by atomic mass is 9.12. The van der Waals surface area contributed by atoms with Gasteiger partial charge in [-0.1, -0.05) is 102 Å². The van der Waals surface area contributed by atoms with Crippen LogP contribution in [0.2, 0.25) is 0 Å². The predicted octanol–water partition coefficient (Wildman–Crippen LogP) is 13.6. The Morgan fingerprint density at radius 2 is 0.486 bits per heavy atom. The monoisotopic (exact) mass is 1030 g/mol. The molecule has 0 saturated carbocycles. The lowest BCUT2D eigenvalue weighted by molar-refractivity contribution is 0.378. The van der Waals surface area contributed by atoms with E-state index in [1.807, 2.05) is 0 Å². The smallest absolute Gasteiger partial charge is 0.200 e. The molecule has 70 heavy (non-hydrogen) atoms. The molecule has 0 atom stereocenters. The van der Waals surface area contributed by atoms with Crippen LogP contribution in [0.25, 0.3) is 0 Å². The van der Waals surface area contributed by atoms with Crippen molar-refractivity contribution >= 4 is 33.7 Å².